The third-order valence-electron chi connectivity index (χ3n) is 4.93. The van der Waals surface area contributed by atoms with Gasteiger partial charge < -0.3 is 10.2 Å². The van der Waals surface area contributed by atoms with E-state index in [9.17, 15) is 0 Å². The number of hydrogen-bond acceptors (Lipinski definition) is 2. The molecule has 0 saturated carbocycles. The summed E-state index contributed by atoms with van der Waals surface area (Å²) in [5, 5.41) is 3.83. The summed E-state index contributed by atoms with van der Waals surface area (Å²) in [5.74, 6) is 1.57. The van der Waals surface area contributed by atoms with Crippen LogP contribution in [0.1, 0.15) is 49.3 Å². The highest BCUT2D eigenvalue weighted by molar-refractivity contribution is 5.34. The first kappa shape index (κ1) is 13.1. The number of benzene rings is 1. The predicted octanol–water partition coefficient (Wildman–Crippen LogP) is 3.17. The maximum absolute atomic E-state index is 3.83. The van der Waals surface area contributed by atoms with Crippen molar-refractivity contribution in [1.29, 1.82) is 0 Å². The molecule has 0 aromatic heterocycles. The molecule has 3 unspecified atom stereocenters. The first-order valence-electron chi connectivity index (χ1n) is 7.75. The van der Waals surface area contributed by atoms with Crippen molar-refractivity contribution < 1.29 is 0 Å². The number of hydrogen-bond donors (Lipinski definition) is 1. The molecule has 1 fully saturated rings. The van der Waals surface area contributed by atoms with Gasteiger partial charge in [0.2, 0.25) is 0 Å². The Kier molecular flexibility index (Phi) is 3.90. The molecule has 1 aromatic rings. The number of rotatable bonds is 3. The van der Waals surface area contributed by atoms with Gasteiger partial charge >= 0.3 is 0 Å². The minimum absolute atomic E-state index is 0.582. The lowest BCUT2D eigenvalue weighted by molar-refractivity contribution is 0.364. The molecule has 1 aliphatic carbocycles. The van der Waals surface area contributed by atoms with Gasteiger partial charge in [-0.25, -0.2) is 0 Å². The highest BCUT2D eigenvalue weighted by atomic mass is 15.1. The average Bonchev–Trinajstić information content (AvgIpc) is 2.84. The molecule has 0 radical (unpaired) electrons. The van der Waals surface area contributed by atoms with Crippen molar-refractivity contribution in [1.82, 2.24) is 10.2 Å². The summed E-state index contributed by atoms with van der Waals surface area (Å²) in [7, 11) is 2.23. The van der Waals surface area contributed by atoms with Gasteiger partial charge in [-0.1, -0.05) is 31.2 Å². The minimum atomic E-state index is 0.582. The Bertz CT molecular complexity index is 429. The van der Waals surface area contributed by atoms with Crippen molar-refractivity contribution in [3.05, 3.63) is 35.4 Å². The topological polar surface area (TPSA) is 15.3 Å². The second-order valence-electron chi connectivity index (χ2n) is 6.49. The van der Waals surface area contributed by atoms with Crippen LogP contribution >= 0.6 is 0 Å². The van der Waals surface area contributed by atoms with Gasteiger partial charge in [0.15, 0.2) is 0 Å². The molecule has 0 spiro atoms. The standard InChI is InChI=1S/C17H26N2/c1-13-7-8-17(16-6-4-3-5-15(13)16)18-11-14-9-10-19(2)12-14/h3-6,13-14,17-18H,7-12H2,1-2H3. The van der Waals surface area contributed by atoms with Crippen LogP contribution in [0.4, 0.5) is 0 Å². The third kappa shape index (κ3) is 2.85. The summed E-state index contributed by atoms with van der Waals surface area (Å²) in [6.07, 6.45) is 3.97. The van der Waals surface area contributed by atoms with Crippen molar-refractivity contribution in [3.8, 4) is 0 Å². The molecule has 1 aromatic carbocycles. The molecule has 0 amide bonds. The first-order chi connectivity index (χ1) is 9.24. The normalized spacial score (nSPS) is 31.4. The van der Waals surface area contributed by atoms with Gasteiger partial charge in [0.25, 0.3) is 0 Å². The van der Waals surface area contributed by atoms with Crippen LogP contribution in [0.5, 0.6) is 0 Å². The van der Waals surface area contributed by atoms with Crippen LogP contribution in [-0.4, -0.2) is 31.6 Å². The van der Waals surface area contributed by atoms with E-state index in [1.807, 2.05) is 0 Å². The summed E-state index contributed by atoms with van der Waals surface area (Å²) in [6.45, 7) is 6.07. The molecule has 0 bridgehead atoms. The molecule has 19 heavy (non-hydrogen) atoms. The van der Waals surface area contributed by atoms with Crippen LogP contribution in [0.15, 0.2) is 24.3 Å². The van der Waals surface area contributed by atoms with Crippen LogP contribution < -0.4 is 5.32 Å². The largest absolute Gasteiger partial charge is 0.310 e. The number of fused-ring (bicyclic) bond motifs is 1. The van der Waals surface area contributed by atoms with Crippen molar-refractivity contribution >= 4 is 0 Å². The minimum Gasteiger partial charge on any atom is -0.310 e. The van der Waals surface area contributed by atoms with Gasteiger partial charge in [0.05, 0.1) is 0 Å². The Hall–Kier alpha value is -0.860. The molecule has 104 valence electrons. The van der Waals surface area contributed by atoms with Crippen LogP contribution in [0.3, 0.4) is 0 Å². The summed E-state index contributed by atoms with van der Waals surface area (Å²) < 4.78 is 0. The maximum Gasteiger partial charge on any atom is 0.0323 e. The molecule has 3 rings (SSSR count). The Morgan fingerprint density at radius 3 is 2.68 bits per heavy atom. The molecule has 2 nitrogen and oxygen atoms in total. The van der Waals surface area contributed by atoms with E-state index in [0.717, 1.165) is 11.8 Å². The monoisotopic (exact) mass is 258 g/mol. The van der Waals surface area contributed by atoms with Gasteiger partial charge in [-0.3, -0.25) is 0 Å². The molecule has 1 N–H and O–H groups in total. The van der Waals surface area contributed by atoms with Crippen molar-refractivity contribution in [3.63, 3.8) is 0 Å². The molecule has 2 heteroatoms. The summed E-state index contributed by atoms with van der Waals surface area (Å²) in [4.78, 5) is 2.45. The zero-order valence-corrected chi connectivity index (χ0v) is 12.2. The fourth-order valence-electron chi connectivity index (χ4n) is 3.72. The summed E-state index contributed by atoms with van der Waals surface area (Å²) in [5.41, 5.74) is 3.11. The molecular weight excluding hydrogens is 232 g/mol. The van der Waals surface area contributed by atoms with Gasteiger partial charge in [-0.2, -0.15) is 0 Å². The number of nitrogens with one attached hydrogen (secondary N) is 1. The summed E-state index contributed by atoms with van der Waals surface area (Å²) >= 11 is 0. The average molecular weight is 258 g/mol. The molecule has 1 heterocycles. The molecule has 1 saturated heterocycles. The van der Waals surface area contributed by atoms with E-state index < -0.39 is 0 Å². The van der Waals surface area contributed by atoms with E-state index in [4.69, 9.17) is 0 Å². The van der Waals surface area contributed by atoms with Crippen LogP contribution in [0, 0.1) is 5.92 Å². The van der Waals surface area contributed by atoms with Gasteiger partial charge in [0.1, 0.15) is 0 Å². The highest BCUT2D eigenvalue weighted by Gasteiger charge is 2.26. The summed E-state index contributed by atoms with van der Waals surface area (Å²) in [6, 6.07) is 9.59. The van der Waals surface area contributed by atoms with Gasteiger partial charge in [-0.05, 0) is 62.4 Å². The lowest BCUT2D eigenvalue weighted by Gasteiger charge is -2.31. The SMILES string of the molecule is CC1CCC(NCC2CCN(C)C2)c2ccccc21. The first-order valence-corrected chi connectivity index (χ1v) is 7.75. The Morgan fingerprint density at radius 2 is 1.95 bits per heavy atom. The second kappa shape index (κ2) is 5.64. The lowest BCUT2D eigenvalue weighted by Crippen LogP contribution is -2.31. The van der Waals surface area contributed by atoms with Crippen LogP contribution in [-0.2, 0) is 0 Å². The van der Waals surface area contributed by atoms with E-state index in [0.29, 0.717) is 6.04 Å². The Morgan fingerprint density at radius 1 is 1.16 bits per heavy atom. The second-order valence-corrected chi connectivity index (χ2v) is 6.49. The maximum atomic E-state index is 3.83. The quantitative estimate of drug-likeness (QED) is 0.896. The van der Waals surface area contributed by atoms with Crippen LogP contribution in [0.2, 0.25) is 0 Å². The molecular formula is C17H26N2. The molecule has 1 aliphatic heterocycles. The predicted molar refractivity (Wildman–Crippen MR) is 80.4 cm³/mol. The zero-order valence-electron chi connectivity index (χ0n) is 12.2. The van der Waals surface area contributed by atoms with Crippen molar-refractivity contribution in [2.45, 2.75) is 38.1 Å². The van der Waals surface area contributed by atoms with E-state index in [1.165, 1.54) is 38.9 Å². The highest BCUT2D eigenvalue weighted by Crippen LogP contribution is 2.37. The lowest BCUT2D eigenvalue weighted by atomic mass is 9.81. The molecule has 2 aliphatic rings. The van der Waals surface area contributed by atoms with Gasteiger partial charge in [-0.15, -0.1) is 0 Å². The van der Waals surface area contributed by atoms with Crippen molar-refractivity contribution in [2.24, 2.45) is 5.92 Å². The fourth-order valence-corrected chi connectivity index (χ4v) is 3.72. The van der Waals surface area contributed by atoms with Crippen LogP contribution in [0.25, 0.3) is 0 Å². The molecule has 3 atom stereocenters. The zero-order chi connectivity index (χ0) is 13.2. The number of likely N-dealkylation sites (tertiary alicyclic amines) is 1. The van der Waals surface area contributed by atoms with E-state index in [-0.39, 0.29) is 0 Å². The Labute approximate surface area is 117 Å². The van der Waals surface area contributed by atoms with E-state index in [1.54, 1.807) is 11.1 Å². The smallest absolute Gasteiger partial charge is 0.0323 e. The van der Waals surface area contributed by atoms with E-state index in [2.05, 4.69) is 48.5 Å². The number of nitrogens with zero attached hydrogens (tertiary/aromatic N) is 1. The van der Waals surface area contributed by atoms with E-state index >= 15 is 0 Å². The fraction of sp³-hybridized carbons (Fsp3) is 0.647. The van der Waals surface area contributed by atoms with Gasteiger partial charge in [0, 0.05) is 12.6 Å². The Balaban J connectivity index is 1.64. The van der Waals surface area contributed by atoms with Crippen molar-refractivity contribution in [2.75, 3.05) is 26.7 Å². The third-order valence-corrected chi connectivity index (χ3v) is 4.93.